The maximum absolute atomic E-state index is 12.6. The lowest BCUT2D eigenvalue weighted by molar-refractivity contribution is 0.0774. The van der Waals surface area contributed by atoms with Gasteiger partial charge in [0.1, 0.15) is 0 Å². The fourth-order valence-corrected chi connectivity index (χ4v) is 2.83. The summed E-state index contributed by atoms with van der Waals surface area (Å²) < 4.78 is 0. The highest BCUT2D eigenvalue weighted by Crippen LogP contribution is 2.19. The molecule has 0 radical (unpaired) electrons. The molecular formula is C16H26N4O. The van der Waals surface area contributed by atoms with Crippen LogP contribution in [0.5, 0.6) is 0 Å². The Labute approximate surface area is 127 Å². The second kappa shape index (κ2) is 7.41. The Balaban J connectivity index is 2.01. The Morgan fingerprint density at radius 3 is 3.05 bits per heavy atom. The largest absolute Gasteiger partial charge is 0.384 e. The number of carbonyl (C=O) groups excluding carboxylic acids is 1. The molecule has 2 heterocycles. The van der Waals surface area contributed by atoms with Gasteiger partial charge in [0.05, 0.1) is 11.3 Å². The summed E-state index contributed by atoms with van der Waals surface area (Å²) in [5.41, 5.74) is 1.55. The summed E-state index contributed by atoms with van der Waals surface area (Å²) >= 11 is 0. The van der Waals surface area contributed by atoms with E-state index in [4.69, 9.17) is 0 Å². The predicted octanol–water partition coefficient (Wildman–Crippen LogP) is 1.93. The highest BCUT2D eigenvalue weighted by molar-refractivity contribution is 5.99. The monoisotopic (exact) mass is 290 g/mol. The van der Waals surface area contributed by atoms with Gasteiger partial charge in [0, 0.05) is 39.1 Å². The normalized spacial score (nSPS) is 18.7. The molecule has 1 amide bonds. The van der Waals surface area contributed by atoms with Crippen LogP contribution in [0, 0.1) is 5.92 Å². The number of anilines is 1. The zero-order valence-corrected chi connectivity index (χ0v) is 13.3. The zero-order chi connectivity index (χ0) is 15.2. The number of likely N-dealkylation sites (tertiary alicyclic amines) is 1. The summed E-state index contributed by atoms with van der Waals surface area (Å²) in [4.78, 5) is 20.9. The summed E-state index contributed by atoms with van der Waals surface area (Å²) in [5.74, 6) is 0.629. The van der Waals surface area contributed by atoms with Gasteiger partial charge in [-0.05, 0) is 38.4 Å². The minimum absolute atomic E-state index is 0.0521. The third kappa shape index (κ3) is 4.17. The molecule has 0 saturated carbocycles. The molecule has 1 aromatic heterocycles. The zero-order valence-electron chi connectivity index (χ0n) is 13.3. The van der Waals surface area contributed by atoms with Crippen LogP contribution in [0.3, 0.4) is 0 Å². The van der Waals surface area contributed by atoms with Crippen molar-refractivity contribution in [2.45, 2.75) is 19.8 Å². The highest BCUT2D eigenvalue weighted by Gasteiger charge is 2.24. The summed E-state index contributed by atoms with van der Waals surface area (Å²) in [7, 11) is 4.02. The molecule has 1 aromatic rings. The van der Waals surface area contributed by atoms with Crippen molar-refractivity contribution in [2.24, 2.45) is 5.92 Å². The smallest absolute Gasteiger partial charge is 0.257 e. The second-order valence-corrected chi connectivity index (χ2v) is 5.95. The van der Waals surface area contributed by atoms with E-state index in [-0.39, 0.29) is 5.91 Å². The number of nitrogens with zero attached hydrogens (tertiary/aromatic N) is 3. The summed E-state index contributed by atoms with van der Waals surface area (Å²) in [5, 5.41) is 3.30. The maximum Gasteiger partial charge on any atom is 0.257 e. The topological polar surface area (TPSA) is 48.5 Å². The molecule has 0 spiro atoms. The number of rotatable bonds is 6. The van der Waals surface area contributed by atoms with Gasteiger partial charge in [-0.15, -0.1) is 0 Å². The SMILES string of the molecule is CCCNc1ccncc1C(=O)N(C)CC1CCN(C)C1. The van der Waals surface area contributed by atoms with Gasteiger partial charge in [-0.1, -0.05) is 6.92 Å². The van der Waals surface area contributed by atoms with Crippen LogP contribution in [0.25, 0.3) is 0 Å². The van der Waals surface area contributed by atoms with Gasteiger partial charge in [0.2, 0.25) is 0 Å². The van der Waals surface area contributed by atoms with E-state index in [1.807, 2.05) is 18.0 Å². The molecule has 0 aromatic carbocycles. The van der Waals surface area contributed by atoms with E-state index in [1.54, 1.807) is 12.4 Å². The Bertz CT molecular complexity index is 477. The van der Waals surface area contributed by atoms with Crippen LogP contribution in [0.15, 0.2) is 18.5 Å². The third-order valence-electron chi connectivity index (χ3n) is 3.98. The quantitative estimate of drug-likeness (QED) is 0.869. The molecular weight excluding hydrogens is 264 g/mol. The molecule has 1 fully saturated rings. The molecule has 5 nitrogen and oxygen atoms in total. The van der Waals surface area contributed by atoms with Crippen LogP contribution >= 0.6 is 0 Å². The number of hydrogen-bond acceptors (Lipinski definition) is 4. The Morgan fingerprint density at radius 2 is 2.38 bits per heavy atom. The number of carbonyl (C=O) groups is 1. The molecule has 2 rings (SSSR count). The molecule has 5 heteroatoms. The van der Waals surface area contributed by atoms with Crippen molar-refractivity contribution in [3.05, 3.63) is 24.0 Å². The lowest BCUT2D eigenvalue weighted by Crippen LogP contribution is -2.33. The van der Waals surface area contributed by atoms with Crippen molar-refractivity contribution in [3.63, 3.8) is 0 Å². The Morgan fingerprint density at radius 1 is 1.57 bits per heavy atom. The van der Waals surface area contributed by atoms with Gasteiger partial charge in [0.25, 0.3) is 5.91 Å². The Hall–Kier alpha value is -1.62. The van der Waals surface area contributed by atoms with E-state index < -0.39 is 0 Å². The van der Waals surface area contributed by atoms with E-state index in [0.29, 0.717) is 11.5 Å². The van der Waals surface area contributed by atoms with Crippen molar-refractivity contribution in [1.29, 1.82) is 0 Å². The van der Waals surface area contributed by atoms with Gasteiger partial charge in [-0.3, -0.25) is 9.78 Å². The van der Waals surface area contributed by atoms with E-state index in [1.165, 1.54) is 6.42 Å². The van der Waals surface area contributed by atoms with Crippen LogP contribution in [0.1, 0.15) is 30.1 Å². The molecule has 1 aliphatic heterocycles. The minimum Gasteiger partial charge on any atom is -0.384 e. The predicted molar refractivity (Wildman–Crippen MR) is 85.6 cm³/mol. The molecule has 1 aliphatic rings. The van der Waals surface area contributed by atoms with E-state index >= 15 is 0 Å². The first-order valence-electron chi connectivity index (χ1n) is 7.73. The van der Waals surface area contributed by atoms with Crippen molar-refractivity contribution < 1.29 is 4.79 Å². The van der Waals surface area contributed by atoms with Gasteiger partial charge >= 0.3 is 0 Å². The lowest BCUT2D eigenvalue weighted by Gasteiger charge is -2.22. The Kier molecular flexibility index (Phi) is 5.56. The minimum atomic E-state index is 0.0521. The fourth-order valence-electron chi connectivity index (χ4n) is 2.83. The third-order valence-corrected chi connectivity index (χ3v) is 3.98. The average Bonchev–Trinajstić information content (AvgIpc) is 2.89. The van der Waals surface area contributed by atoms with Gasteiger partial charge in [0.15, 0.2) is 0 Å². The first kappa shape index (κ1) is 15.8. The van der Waals surface area contributed by atoms with E-state index in [2.05, 4.69) is 29.2 Å². The number of nitrogens with one attached hydrogen (secondary N) is 1. The van der Waals surface area contributed by atoms with Crippen LogP contribution in [-0.4, -0.2) is 61.0 Å². The summed E-state index contributed by atoms with van der Waals surface area (Å²) in [6.07, 6.45) is 5.58. The van der Waals surface area contributed by atoms with Gasteiger partial charge < -0.3 is 15.1 Å². The number of amides is 1. The average molecular weight is 290 g/mol. The summed E-state index contributed by atoms with van der Waals surface area (Å²) in [6, 6.07) is 1.88. The van der Waals surface area contributed by atoms with Gasteiger partial charge in [-0.25, -0.2) is 0 Å². The molecule has 1 N–H and O–H groups in total. The van der Waals surface area contributed by atoms with Crippen molar-refractivity contribution in [1.82, 2.24) is 14.8 Å². The van der Waals surface area contributed by atoms with Crippen LogP contribution in [0.4, 0.5) is 5.69 Å². The first-order valence-corrected chi connectivity index (χ1v) is 7.73. The van der Waals surface area contributed by atoms with E-state index in [9.17, 15) is 4.79 Å². The number of pyridine rings is 1. The fraction of sp³-hybridized carbons (Fsp3) is 0.625. The number of hydrogen-bond donors (Lipinski definition) is 1. The molecule has 0 bridgehead atoms. The number of aromatic nitrogens is 1. The highest BCUT2D eigenvalue weighted by atomic mass is 16.2. The van der Waals surface area contributed by atoms with Crippen molar-refractivity contribution in [3.8, 4) is 0 Å². The first-order chi connectivity index (χ1) is 10.1. The molecule has 1 atom stereocenters. The maximum atomic E-state index is 12.6. The molecule has 1 unspecified atom stereocenters. The van der Waals surface area contributed by atoms with Gasteiger partial charge in [-0.2, -0.15) is 0 Å². The van der Waals surface area contributed by atoms with Crippen molar-refractivity contribution in [2.75, 3.05) is 45.6 Å². The standard InChI is InChI=1S/C16H26N4O/c1-4-7-18-15-5-8-17-10-14(15)16(21)20(3)12-13-6-9-19(2)11-13/h5,8,10,13H,4,6-7,9,11-12H2,1-3H3,(H,17,18). The lowest BCUT2D eigenvalue weighted by atomic mass is 10.1. The molecule has 21 heavy (non-hydrogen) atoms. The molecule has 0 aliphatic carbocycles. The molecule has 1 saturated heterocycles. The van der Waals surface area contributed by atoms with Crippen LogP contribution in [0.2, 0.25) is 0 Å². The molecule has 116 valence electrons. The van der Waals surface area contributed by atoms with Crippen molar-refractivity contribution >= 4 is 11.6 Å². The van der Waals surface area contributed by atoms with Crippen LogP contribution < -0.4 is 5.32 Å². The van der Waals surface area contributed by atoms with Crippen LogP contribution in [-0.2, 0) is 0 Å². The van der Waals surface area contributed by atoms with E-state index in [0.717, 1.165) is 38.3 Å². The second-order valence-electron chi connectivity index (χ2n) is 5.95. The summed E-state index contributed by atoms with van der Waals surface area (Å²) in [6.45, 7) is 5.99.